The molecule has 0 N–H and O–H groups in total. The Morgan fingerprint density at radius 3 is 2.50 bits per heavy atom. The molecule has 2 heterocycles. The molecule has 1 saturated heterocycles. The zero-order chi connectivity index (χ0) is 17.8. The summed E-state index contributed by atoms with van der Waals surface area (Å²) in [6.07, 6.45) is 6.66. The first-order chi connectivity index (χ1) is 12.8. The number of benzene rings is 1. The average molecular weight is 371 g/mol. The summed E-state index contributed by atoms with van der Waals surface area (Å²) in [5.41, 5.74) is 1.24. The van der Waals surface area contributed by atoms with Gasteiger partial charge in [-0.1, -0.05) is 49.6 Å². The minimum absolute atomic E-state index is 0.273. The van der Waals surface area contributed by atoms with E-state index in [1.54, 1.807) is 0 Å². The molecular formula is C20H26N4OS. The number of anilines is 1. The second kappa shape index (κ2) is 8.16. The van der Waals surface area contributed by atoms with E-state index in [1.165, 1.54) is 36.4 Å². The number of piperazine rings is 1. The first kappa shape index (κ1) is 17.5. The summed E-state index contributed by atoms with van der Waals surface area (Å²) in [5, 5.41) is 0.987. The lowest BCUT2D eigenvalue weighted by Gasteiger charge is -2.36. The Labute approximate surface area is 159 Å². The minimum atomic E-state index is 0.273. The maximum Gasteiger partial charge on any atom is 0.225 e. The van der Waals surface area contributed by atoms with Crippen LogP contribution in [0.1, 0.15) is 43.5 Å². The molecule has 0 unspecified atom stereocenters. The van der Waals surface area contributed by atoms with Gasteiger partial charge in [-0.05, 0) is 18.4 Å². The molecule has 0 radical (unpaired) electrons. The highest BCUT2D eigenvalue weighted by Crippen LogP contribution is 2.27. The Morgan fingerprint density at radius 1 is 1.04 bits per heavy atom. The number of carbonyl (C=O) groups is 1. The molecule has 1 aliphatic carbocycles. The van der Waals surface area contributed by atoms with E-state index < -0.39 is 0 Å². The first-order valence-corrected chi connectivity index (χ1v) is 10.5. The van der Waals surface area contributed by atoms with Crippen molar-refractivity contribution in [2.45, 2.75) is 38.5 Å². The summed E-state index contributed by atoms with van der Waals surface area (Å²) in [6, 6.07) is 10.3. The Hall–Kier alpha value is -1.95. The van der Waals surface area contributed by atoms with Crippen LogP contribution in [-0.4, -0.2) is 46.3 Å². The van der Waals surface area contributed by atoms with E-state index >= 15 is 0 Å². The lowest BCUT2D eigenvalue weighted by Crippen LogP contribution is -2.50. The van der Waals surface area contributed by atoms with Gasteiger partial charge >= 0.3 is 0 Å². The largest absolute Gasteiger partial charge is 0.343 e. The molecule has 1 aromatic heterocycles. The van der Waals surface area contributed by atoms with E-state index in [0.717, 1.165) is 56.4 Å². The fourth-order valence-corrected chi connectivity index (χ4v) is 4.69. The third kappa shape index (κ3) is 4.06. The number of aromatic nitrogens is 2. The van der Waals surface area contributed by atoms with Crippen molar-refractivity contribution in [2.75, 3.05) is 31.1 Å². The number of rotatable bonds is 4. The summed E-state index contributed by atoms with van der Waals surface area (Å²) in [5.74, 6) is 1.54. The molecule has 4 rings (SSSR count). The van der Waals surface area contributed by atoms with Gasteiger partial charge in [-0.25, -0.2) is 4.98 Å². The molecule has 1 saturated carbocycles. The van der Waals surface area contributed by atoms with Gasteiger partial charge in [0.15, 0.2) is 0 Å². The lowest BCUT2D eigenvalue weighted by atomic mass is 9.88. The molecule has 2 fully saturated rings. The lowest BCUT2D eigenvalue weighted by molar-refractivity contribution is -0.136. The van der Waals surface area contributed by atoms with Gasteiger partial charge in [0.25, 0.3) is 0 Å². The topological polar surface area (TPSA) is 49.3 Å². The highest BCUT2D eigenvalue weighted by molar-refractivity contribution is 7.09. The molecule has 6 heteroatoms. The van der Waals surface area contributed by atoms with Crippen LogP contribution in [0, 0.1) is 5.92 Å². The normalized spacial score (nSPS) is 18.9. The van der Waals surface area contributed by atoms with E-state index in [9.17, 15) is 4.79 Å². The first-order valence-electron chi connectivity index (χ1n) is 9.70. The monoisotopic (exact) mass is 370 g/mol. The van der Waals surface area contributed by atoms with Gasteiger partial charge in [0.05, 0.1) is 0 Å². The van der Waals surface area contributed by atoms with Gasteiger partial charge in [-0.2, -0.15) is 4.37 Å². The van der Waals surface area contributed by atoms with E-state index in [-0.39, 0.29) is 5.92 Å². The van der Waals surface area contributed by atoms with Crippen LogP contribution in [0.4, 0.5) is 5.13 Å². The SMILES string of the molecule is O=C(C1CCCCC1)N1CCN(c2nc(Cc3ccccc3)ns2)CC1. The molecule has 0 atom stereocenters. The summed E-state index contributed by atoms with van der Waals surface area (Å²) in [6.45, 7) is 3.34. The summed E-state index contributed by atoms with van der Waals surface area (Å²) in [4.78, 5) is 21.7. The molecule has 0 spiro atoms. The second-order valence-corrected chi connectivity index (χ2v) is 8.03. The Bertz CT molecular complexity index is 718. The number of carbonyl (C=O) groups excluding carboxylic acids is 1. The molecule has 0 bridgehead atoms. The van der Waals surface area contributed by atoms with Crippen molar-refractivity contribution in [3.8, 4) is 0 Å². The summed E-state index contributed by atoms with van der Waals surface area (Å²) >= 11 is 1.47. The van der Waals surface area contributed by atoms with Crippen LogP contribution in [0.3, 0.4) is 0 Å². The van der Waals surface area contributed by atoms with Crippen LogP contribution in [0.15, 0.2) is 30.3 Å². The van der Waals surface area contributed by atoms with Crippen LogP contribution >= 0.6 is 11.5 Å². The number of amides is 1. The van der Waals surface area contributed by atoms with E-state index in [2.05, 4.69) is 26.3 Å². The predicted molar refractivity (Wildman–Crippen MR) is 105 cm³/mol. The molecule has 1 amide bonds. The number of hydrogen-bond donors (Lipinski definition) is 0. The molecule has 138 valence electrons. The highest BCUT2D eigenvalue weighted by Gasteiger charge is 2.29. The van der Waals surface area contributed by atoms with E-state index in [1.807, 2.05) is 18.2 Å². The molecule has 5 nitrogen and oxygen atoms in total. The average Bonchev–Trinajstić information content (AvgIpc) is 3.17. The predicted octanol–water partition coefficient (Wildman–Crippen LogP) is 3.36. The van der Waals surface area contributed by atoms with Crippen molar-refractivity contribution in [2.24, 2.45) is 5.92 Å². The van der Waals surface area contributed by atoms with Crippen molar-refractivity contribution in [1.29, 1.82) is 0 Å². The number of nitrogens with zero attached hydrogens (tertiary/aromatic N) is 4. The molecule has 26 heavy (non-hydrogen) atoms. The van der Waals surface area contributed by atoms with Crippen molar-refractivity contribution in [3.63, 3.8) is 0 Å². The van der Waals surface area contributed by atoms with E-state index in [4.69, 9.17) is 4.98 Å². The zero-order valence-electron chi connectivity index (χ0n) is 15.1. The molecule has 2 aromatic rings. The third-order valence-electron chi connectivity index (χ3n) is 5.48. The van der Waals surface area contributed by atoms with Gasteiger partial charge in [0.1, 0.15) is 5.82 Å². The van der Waals surface area contributed by atoms with E-state index in [0.29, 0.717) is 5.91 Å². The van der Waals surface area contributed by atoms with Gasteiger partial charge in [-0.15, -0.1) is 0 Å². The summed E-state index contributed by atoms with van der Waals surface area (Å²) in [7, 11) is 0. The maximum absolute atomic E-state index is 12.7. The third-order valence-corrected chi connectivity index (χ3v) is 6.29. The Balaban J connectivity index is 1.31. The van der Waals surface area contributed by atoms with Crippen LogP contribution in [0.5, 0.6) is 0 Å². The fraction of sp³-hybridized carbons (Fsp3) is 0.550. The Kier molecular flexibility index (Phi) is 5.48. The van der Waals surface area contributed by atoms with Crippen LogP contribution < -0.4 is 4.90 Å². The number of hydrogen-bond acceptors (Lipinski definition) is 5. The highest BCUT2D eigenvalue weighted by atomic mass is 32.1. The van der Waals surface area contributed by atoms with Crippen molar-refractivity contribution in [1.82, 2.24) is 14.3 Å². The van der Waals surface area contributed by atoms with Crippen molar-refractivity contribution < 1.29 is 4.79 Å². The van der Waals surface area contributed by atoms with Crippen molar-refractivity contribution in [3.05, 3.63) is 41.7 Å². The quantitative estimate of drug-likeness (QED) is 0.828. The van der Waals surface area contributed by atoms with Crippen LogP contribution in [-0.2, 0) is 11.2 Å². The standard InChI is InChI=1S/C20H26N4OS/c25-19(17-9-5-2-6-10-17)23-11-13-24(14-12-23)20-21-18(22-26-20)15-16-7-3-1-4-8-16/h1,3-4,7-8,17H,2,5-6,9-15H2. The molecule has 1 aliphatic heterocycles. The van der Waals surface area contributed by atoms with Gasteiger partial charge < -0.3 is 9.80 Å². The minimum Gasteiger partial charge on any atom is -0.343 e. The maximum atomic E-state index is 12.7. The second-order valence-electron chi connectivity index (χ2n) is 7.30. The zero-order valence-corrected chi connectivity index (χ0v) is 16.0. The van der Waals surface area contributed by atoms with Crippen LogP contribution in [0.25, 0.3) is 0 Å². The van der Waals surface area contributed by atoms with Gasteiger partial charge in [-0.3, -0.25) is 4.79 Å². The fourth-order valence-electron chi connectivity index (χ4n) is 3.95. The summed E-state index contributed by atoms with van der Waals surface area (Å²) < 4.78 is 4.52. The van der Waals surface area contributed by atoms with Crippen LogP contribution in [0.2, 0.25) is 0 Å². The van der Waals surface area contributed by atoms with Gasteiger partial charge in [0.2, 0.25) is 11.0 Å². The Morgan fingerprint density at radius 2 is 1.77 bits per heavy atom. The molecular weight excluding hydrogens is 344 g/mol. The van der Waals surface area contributed by atoms with Crippen molar-refractivity contribution >= 4 is 22.6 Å². The molecule has 2 aliphatic rings. The van der Waals surface area contributed by atoms with Gasteiger partial charge in [0, 0.05) is 50.1 Å². The molecule has 1 aromatic carbocycles. The smallest absolute Gasteiger partial charge is 0.225 e.